The smallest absolute Gasteiger partial charge is 1.00 e. The fourth-order valence-corrected chi connectivity index (χ4v) is 3.31. The first kappa shape index (κ1) is 30.0. The van der Waals surface area contributed by atoms with E-state index in [-0.39, 0.29) is 65.8 Å². The number of carbonyl (C=O) groups excluding carboxylic acids is 1. The van der Waals surface area contributed by atoms with Crippen LogP contribution in [0.1, 0.15) is 105 Å². The van der Waals surface area contributed by atoms with Gasteiger partial charge in [-0.05, 0) is 39.0 Å². The maximum atomic E-state index is 11.4. The normalized spacial score (nSPS) is 11.5. The molecule has 0 aromatic heterocycles. The van der Waals surface area contributed by atoms with Gasteiger partial charge in [-0.2, -0.15) is 8.42 Å². The average molecular weight is 431 g/mol. The summed E-state index contributed by atoms with van der Waals surface area (Å²) in [6, 6.07) is 0. The molecule has 0 heterocycles. The molecule has 0 saturated heterocycles. The van der Waals surface area contributed by atoms with Gasteiger partial charge in [-0.3, -0.25) is 4.79 Å². The zero-order chi connectivity index (χ0) is 19.5. The maximum Gasteiger partial charge on any atom is 1.00 e. The van der Waals surface area contributed by atoms with Crippen LogP contribution in [-0.2, 0) is 23.6 Å². The summed E-state index contributed by atoms with van der Waals surface area (Å²) in [6.07, 6.45) is 20.0. The Kier molecular flexibility index (Phi) is 23.8. The Hall–Kier alpha value is 0.756. The van der Waals surface area contributed by atoms with Crippen molar-refractivity contribution in [2.75, 3.05) is 6.61 Å². The molecule has 0 rings (SSSR count). The Morgan fingerprint density at radius 3 is 1.81 bits per heavy atom. The molecule has 7 heteroatoms. The first-order valence-corrected chi connectivity index (χ1v) is 11.6. The summed E-state index contributed by atoms with van der Waals surface area (Å²) in [5.41, 5.74) is 0. The van der Waals surface area contributed by atoms with Crippen LogP contribution in [0, 0.1) is 0 Å². The van der Waals surface area contributed by atoms with Crippen molar-refractivity contribution >= 4 is 16.4 Å². The van der Waals surface area contributed by atoms with Crippen LogP contribution in [0.3, 0.4) is 0 Å². The molecule has 0 N–H and O–H groups in total. The maximum absolute atomic E-state index is 11.4. The van der Waals surface area contributed by atoms with Gasteiger partial charge < -0.3 is 5.61 Å². The SMILES string of the molecule is CCCCCCCC/C=C\CCCCCCCC(=O)OS(=O)(=O)OCC.[H-].[K+]. The molecule has 27 heavy (non-hydrogen) atoms. The third kappa shape index (κ3) is 22.9. The molecule has 156 valence electrons. The standard InChI is InChI=1S/C20H38O5S.K.H/c1-3-5-6-7-8-9-10-11-12-13-14-15-16-17-18-19-20(21)25-26(22,23)24-4-2;;/h11-12H,3-10,13-19H2,1-2H3;;/q;+1;-1/b12-11-;;. The molecule has 0 atom stereocenters. The molecule has 0 bridgehead atoms. The first-order chi connectivity index (χ1) is 12.5. The molecule has 0 amide bonds. The Balaban J connectivity index is -0.00000312. The number of hydrogen-bond acceptors (Lipinski definition) is 5. The molecule has 0 unspecified atom stereocenters. The van der Waals surface area contributed by atoms with E-state index in [0.717, 1.165) is 32.1 Å². The van der Waals surface area contributed by atoms with E-state index in [1.165, 1.54) is 51.9 Å². The zero-order valence-corrected chi connectivity index (χ0v) is 21.7. The van der Waals surface area contributed by atoms with Gasteiger partial charge in [-0.1, -0.05) is 70.4 Å². The van der Waals surface area contributed by atoms with E-state index in [1.807, 2.05) is 0 Å². The van der Waals surface area contributed by atoms with Crippen molar-refractivity contribution in [3.63, 3.8) is 0 Å². The van der Waals surface area contributed by atoms with Crippen molar-refractivity contribution in [1.82, 2.24) is 0 Å². The number of rotatable bonds is 18. The van der Waals surface area contributed by atoms with Gasteiger partial charge in [0.15, 0.2) is 0 Å². The van der Waals surface area contributed by atoms with Gasteiger partial charge in [0.05, 0.1) is 6.61 Å². The van der Waals surface area contributed by atoms with E-state index < -0.39 is 16.4 Å². The van der Waals surface area contributed by atoms with Gasteiger partial charge in [-0.25, -0.2) is 4.18 Å². The average Bonchev–Trinajstić information content (AvgIpc) is 2.57. The Morgan fingerprint density at radius 2 is 1.30 bits per heavy atom. The van der Waals surface area contributed by atoms with Gasteiger partial charge in [0.2, 0.25) is 0 Å². The van der Waals surface area contributed by atoms with Gasteiger partial charge in [0, 0.05) is 6.42 Å². The molecule has 0 aliphatic carbocycles. The Bertz CT molecular complexity index is 469. The minimum atomic E-state index is -4.16. The molecule has 0 radical (unpaired) electrons. The molecule has 0 saturated carbocycles. The van der Waals surface area contributed by atoms with Crippen molar-refractivity contribution < 1.29 is 74.4 Å². The van der Waals surface area contributed by atoms with E-state index >= 15 is 0 Å². The second-order valence-corrected chi connectivity index (χ2v) is 7.82. The van der Waals surface area contributed by atoms with Crippen molar-refractivity contribution in [2.45, 2.75) is 104 Å². The molecular formula is C20H39KO5S. The van der Waals surface area contributed by atoms with Crippen LogP contribution in [-0.4, -0.2) is 21.0 Å². The Labute approximate surface area is 211 Å². The topological polar surface area (TPSA) is 69.7 Å². The summed E-state index contributed by atoms with van der Waals surface area (Å²) in [7, 11) is -4.16. The molecule has 0 fully saturated rings. The van der Waals surface area contributed by atoms with E-state index in [9.17, 15) is 13.2 Å². The Morgan fingerprint density at radius 1 is 0.815 bits per heavy atom. The number of hydrogen-bond donors (Lipinski definition) is 0. The van der Waals surface area contributed by atoms with Crippen LogP contribution < -0.4 is 51.4 Å². The molecular weight excluding hydrogens is 391 g/mol. The summed E-state index contributed by atoms with van der Waals surface area (Å²) in [4.78, 5) is 11.4. The summed E-state index contributed by atoms with van der Waals surface area (Å²) >= 11 is 0. The molecule has 0 aliphatic heterocycles. The quantitative estimate of drug-likeness (QED) is 0.190. The molecule has 0 spiro atoms. The van der Waals surface area contributed by atoms with E-state index in [2.05, 4.69) is 27.4 Å². The number of carbonyl (C=O) groups is 1. The van der Waals surface area contributed by atoms with Crippen LogP contribution in [0.2, 0.25) is 0 Å². The summed E-state index contributed by atoms with van der Waals surface area (Å²) in [5, 5.41) is 0. The van der Waals surface area contributed by atoms with Gasteiger partial charge in [0.1, 0.15) is 0 Å². The minimum absolute atomic E-state index is 0. The van der Waals surface area contributed by atoms with Gasteiger partial charge in [0.25, 0.3) is 0 Å². The largest absolute Gasteiger partial charge is 1.00 e. The third-order valence-corrected chi connectivity index (χ3v) is 5.01. The molecule has 5 nitrogen and oxygen atoms in total. The molecule has 0 aromatic carbocycles. The second-order valence-electron chi connectivity index (χ2n) is 6.60. The van der Waals surface area contributed by atoms with Crippen LogP contribution in [0.4, 0.5) is 0 Å². The fraction of sp³-hybridized carbons (Fsp3) is 0.850. The van der Waals surface area contributed by atoms with E-state index in [0.29, 0.717) is 6.42 Å². The van der Waals surface area contributed by atoms with Crippen LogP contribution in [0.25, 0.3) is 0 Å². The van der Waals surface area contributed by atoms with E-state index in [4.69, 9.17) is 0 Å². The van der Waals surface area contributed by atoms with Crippen LogP contribution in [0.5, 0.6) is 0 Å². The van der Waals surface area contributed by atoms with Gasteiger partial charge >= 0.3 is 67.8 Å². The fourth-order valence-electron chi connectivity index (χ4n) is 2.66. The predicted molar refractivity (Wildman–Crippen MR) is 107 cm³/mol. The van der Waals surface area contributed by atoms with Crippen molar-refractivity contribution in [1.29, 1.82) is 0 Å². The molecule has 0 aromatic rings. The van der Waals surface area contributed by atoms with Crippen molar-refractivity contribution in [3.8, 4) is 0 Å². The summed E-state index contributed by atoms with van der Waals surface area (Å²) < 4.78 is 30.9. The predicted octanol–water partition coefficient (Wildman–Crippen LogP) is 2.96. The zero-order valence-electron chi connectivity index (χ0n) is 18.7. The number of unbranched alkanes of at least 4 members (excludes halogenated alkanes) is 11. The summed E-state index contributed by atoms with van der Waals surface area (Å²) in [6.45, 7) is 3.73. The van der Waals surface area contributed by atoms with Crippen LogP contribution in [0.15, 0.2) is 12.2 Å². The molecule has 0 aliphatic rings. The van der Waals surface area contributed by atoms with E-state index in [1.54, 1.807) is 0 Å². The second kappa shape index (κ2) is 21.5. The van der Waals surface area contributed by atoms with Crippen molar-refractivity contribution in [2.24, 2.45) is 0 Å². The summed E-state index contributed by atoms with van der Waals surface area (Å²) in [5.74, 6) is -0.740. The van der Waals surface area contributed by atoms with Crippen LogP contribution >= 0.6 is 0 Å². The minimum Gasteiger partial charge on any atom is -1.00 e. The van der Waals surface area contributed by atoms with Crippen molar-refractivity contribution in [3.05, 3.63) is 12.2 Å². The monoisotopic (exact) mass is 430 g/mol. The third-order valence-electron chi connectivity index (χ3n) is 4.10. The number of allylic oxidation sites excluding steroid dienone is 2. The first-order valence-electron chi connectivity index (χ1n) is 10.3. The van der Waals surface area contributed by atoms with Gasteiger partial charge in [-0.15, -0.1) is 0 Å².